The zero-order valence-electron chi connectivity index (χ0n) is 17.0. The predicted molar refractivity (Wildman–Crippen MR) is 113 cm³/mol. The molecule has 3 aliphatic heterocycles. The molecular weight excluding hydrogens is 382 g/mol. The summed E-state index contributed by atoms with van der Waals surface area (Å²) in [6.45, 7) is 5.33. The third-order valence-corrected chi connectivity index (χ3v) is 6.05. The van der Waals surface area contributed by atoms with E-state index in [0.29, 0.717) is 25.3 Å². The number of benzene rings is 2. The minimum Gasteiger partial charge on any atom is -0.493 e. The van der Waals surface area contributed by atoms with Crippen LogP contribution in [0.3, 0.4) is 0 Å². The Balaban J connectivity index is 1.17. The lowest BCUT2D eigenvalue weighted by Crippen LogP contribution is -2.54. The Hall–Kier alpha value is -3.22. The molecular formula is C23H25N3O4. The van der Waals surface area contributed by atoms with E-state index in [1.54, 1.807) is 6.07 Å². The van der Waals surface area contributed by atoms with Crippen LogP contribution in [-0.2, 0) is 22.4 Å². The van der Waals surface area contributed by atoms with E-state index < -0.39 is 0 Å². The molecule has 1 atom stereocenters. The third kappa shape index (κ3) is 3.56. The molecule has 0 bridgehead atoms. The highest BCUT2D eigenvalue weighted by Gasteiger charge is 2.28. The lowest BCUT2D eigenvalue weighted by atomic mass is 10.1. The fraction of sp³-hybridized carbons (Fsp3) is 0.391. The van der Waals surface area contributed by atoms with Crippen LogP contribution in [0.15, 0.2) is 36.4 Å². The van der Waals surface area contributed by atoms with Gasteiger partial charge < -0.3 is 24.6 Å². The minimum atomic E-state index is -0.235. The van der Waals surface area contributed by atoms with E-state index in [9.17, 15) is 9.59 Å². The summed E-state index contributed by atoms with van der Waals surface area (Å²) in [5.74, 6) is 1.41. The largest absolute Gasteiger partial charge is 0.493 e. The van der Waals surface area contributed by atoms with Gasteiger partial charge in [0.05, 0.1) is 19.6 Å². The zero-order valence-corrected chi connectivity index (χ0v) is 17.0. The molecule has 3 heterocycles. The fourth-order valence-electron chi connectivity index (χ4n) is 4.43. The number of rotatable bonds is 4. The number of hydrogen-bond donors (Lipinski definition) is 1. The molecule has 1 N–H and O–H groups in total. The predicted octanol–water partition coefficient (Wildman–Crippen LogP) is 2.23. The van der Waals surface area contributed by atoms with Crippen molar-refractivity contribution in [3.63, 3.8) is 0 Å². The maximum absolute atomic E-state index is 12.7. The molecule has 7 nitrogen and oxygen atoms in total. The summed E-state index contributed by atoms with van der Waals surface area (Å²) in [5, 5.41) is 3.16. The van der Waals surface area contributed by atoms with Crippen LogP contribution in [-0.4, -0.2) is 55.6 Å². The van der Waals surface area contributed by atoms with Crippen molar-refractivity contribution in [3.8, 4) is 11.5 Å². The molecule has 2 aromatic carbocycles. The normalized spacial score (nSPS) is 19.8. The standard InChI is InChI=1S/C23H25N3O4/c1-15-14-25(7-8-26(15)19-4-5-20-17(10-19)6-9-29-20)22(27)13-24-18-3-2-16-11-23(28)30-21(16)12-18/h2-5,10,12,15,24H,6-9,11,13-14H2,1H3/t15-/m1/s1. The first-order valence-electron chi connectivity index (χ1n) is 10.4. The number of carbonyl (C=O) groups excluding carboxylic acids is 2. The van der Waals surface area contributed by atoms with Crippen LogP contribution in [0.4, 0.5) is 11.4 Å². The lowest BCUT2D eigenvalue weighted by molar-refractivity contribution is -0.132. The lowest BCUT2D eigenvalue weighted by Gasteiger charge is -2.41. The Kier molecular flexibility index (Phi) is 4.73. The number of anilines is 2. The van der Waals surface area contributed by atoms with Gasteiger partial charge in [-0.3, -0.25) is 9.59 Å². The molecule has 0 aliphatic carbocycles. The first kappa shape index (κ1) is 18.8. The number of hydrogen-bond acceptors (Lipinski definition) is 6. The molecule has 1 fully saturated rings. The average molecular weight is 407 g/mol. The molecule has 0 aromatic heterocycles. The second-order valence-corrected chi connectivity index (χ2v) is 8.10. The fourth-order valence-corrected chi connectivity index (χ4v) is 4.43. The van der Waals surface area contributed by atoms with Gasteiger partial charge in [-0.2, -0.15) is 0 Å². The van der Waals surface area contributed by atoms with Gasteiger partial charge in [0.2, 0.25) is 5.91 Å². The monoisotopic (exact) mass is 407 g/mol. The Morgan fingerprint density at radius 1 is 1.13 bits per heavy atom. The van der Waals surface area contributed by atoms with Crippen molar-refractivity contribution in [1.82, 2.24) is 4.90 Å². The molecule has 2 aromatic rings. The van der Waals surface area contributed by atoms with Gasteiger partial charge in [0, 0.05) is 55.1 Å². The molecule has 0 radical (unpaired) electrons. The van der Waals surface area contributed by atoms with Crippen molar-refractivity contribution in [1.29, 1.82) is 0 Å². The molecule has 0 unspecified atom stereocenters. The number of carbonyl (C=O) groups is 2. The van der Waals surface area contributed by atoms with Crippen LogP contribution in [0.1, 0.15) is 18.1 Å². The molecule has 0 saturated carbocycles. The topological polar surface area (TPSA) is 71.1 Å². The van der Waals surface area contributed by atoms with E-state index in [1.165, 1.54) is 11.3 Å². The van der Waals surface area contributed by atoms with Crippen molar-refractivity contribution in [3.05, 3.63) is 47.5 Å². The average Bonchev–Trinajstić information content (AvgIpc) is 3.36. The summed E-state index contributed by atoms with van der Waals surface area (Å²) in [5.41, 5.74) is 4.14. The van der Waals surface area contributed by atoms with Gasteiger partial charge in [0.15, 0.2) is 0 Å². The Bertz CT molecular complexity index is 1010. The Labute approximate surface area is 175 Å². The smallest absolute Gasteiger partial charge is 0.315 e. The summed E-state index contributed by atoms with van der Waals surface area (Å²) >= 11 is 0. The minimum absolute atomic E-state index is 0.0707. The van der Waals surface area contributed by atoms with E-state index >= 15 is 0 Å². The SMILES string of the molecule is C[C@@H]1CN(C(=O)CNc2ccc3c(c2)OC(=O)C3)CCN1c1ccc2c(c1)CCO2. The summed E-state index contributed by atoms with van der Waals surface area (Å²) in [4.78, 5) is 28.4. The van der Waals surface area contributed by atoms with Crippen molar-refractivity contribution in [2.75, 3.05) is 43.0 Å². The molecule has 3 aliphatic rings. The van der Waals surface area contributed by atoms with Gasteiger partial charge in [-0.1, -0.05) is 6.07 Å². The Morgan fingerprint density at radius 2 is 2.03 bits per heavy atom. The van der Waals surface area contributed by atoms with Gasteiger partial charge in [0.25, 0.3) is 0 Å². The van der Waals surface area contributed by atoms with Crippen LogP contribution in [0.2, 0.25) is 0 Å². The van der Waals surface area contributed by atoms with E-state index in [2.05, 4.69) is 35.3 Å². The highest BCUT2D eigenvalue weighted by molar-refractivity contribution is 5.83. The number of amides is 1. The number of ether oxygens (including phenoxy) is 2. The number of nitrogens with zero attached hydrogens (tertiary/aromatic N) is 2. The number of nitrogens with one attached hydrogen (secondary N) is 1. The number of piperazine rings is 1. The van der Waals surface area contributed by atoms with Crippen LogP contribution in [0.25, 0.3) is 0 Å². The quantitative estimate of drug-likeness (QED) is 0.619. The highest BCUT2D eigenvalue weighted by Crippen LogP contribution is 2.31. The summed E-state index contributed by atoms with van der Waals surface area (Å²) in [6, 6.07) is 12.2. The first-order valence-corrected chi connectivity index (χ1v) is 10.4. The molecule has 1 saturated heterocycles. The maximum Gasteiger partial charge on any atom is 0.315 e. The first-order chi connectivity index (χ1) is 14.6. The zero-order chi connectivity index (χ0) is 20.7. The van der Waals surface area contributed by atoms with E-state index in [4.69, 9.17) is 9.47 Å². The van der Waals surface area contributed by atoms with Crippen molar-refractivity contribution < 1.29 is 19.1 Å². The van der Waals surface area contributed by atoms with Gasteiger partial charge in [-0.15, -0.1) is 0 Å². The second-order valence-electron chi connectivity index (χ2n) is 8.10. The van der Waals surface area contributed by atoms with E-state index in [-0.39, 0.29) is 24.5 Å². The molecule has 0 spiro atoms. The van der Waals surface area contributed by atoms with E-state index in [0.717, 1.165) is 36.6 Å². The van der Waals surface area contributed by atoms with Crippen LogP contribution < -0.4 is 19.7 Å². The van der Waals surface area contributed by atoms with Gasteiger partial charge in [-0.25, -0.2) is 0 Å². The van der Waals surface area contributed by atoms with Crippen LogP contribution in [0.5, 0.6) is 11.5 Å². The molecule has 1 amide bonds. The third-order valence-electron chi connectivity index (χ3n) is 6.05. The van der Waals surface area contributed by atoms with Crippen molar-refractivity contribution in [2.45, 2.75) is 25.8 Å². The summed E-state index contributed by atoms with van der Waals surface area (Å²) in [7, 11) is 0. The molecule has 156 valence electrons. The summed E-state index contributed by atoms with van der Waals surface area (Å²) in [6.07, 6.45) is 1.28. The van der Waals surface area contributed by atoms with Gasteiger partial charge in [-0.05, 0) is 36.8 Å². The van der Waals surface area contributed by atoms with Gasteiger partial charge >= 0.3 is 5.97 Å². The summed E-state index contributed by atoms with van der Waals surface area (Å²) < 4.78 is 10.8. The highest BCUT2D eigenvalue weighted by atomic mass is 16.5. The van der Waals surface area contributed by atoms with Crippen LogP contribution in [0, 0.1) is 0 Å². The number of esters is 1. The van der Waals surface area contributed by atoms with Crippen LogP contribution >= 0.6 is 0 Å². The maximum atomic E-state index is 12.7. The molecule has 7 heteroatoms. The number of fused-ring (bicyclic) bond motifs is 2. The van der Waals surface area contributed by atoms with Crippen molar-refractivity contribution >= 4 is 23.3 Å². The van der Waals surface area contributed by atoms with E-state index in [1.807, 2.05) is 17.0 Å². The molecule has 5 rings (SSSR count). The second kappa shape index (κ2) is 7.55. The van der Waals surface area contributed by atoms with Gasteiger partial charge in [0.1, 0.15) is 11.5 Å². The van der Waals surface area contributed by atoms with Crippen molar-refractivity contribution in [2.24, 2.45) is 0 Å². The molecule has 30 heavy (non-hydrogen) atoms. The Morgan fingerprint density at radius 3 is 2.90 bits per heavy atom.